The molecule has 1 atom stereocenters. The van der Waals surface area contributed by atoms with E-state index in [4.69, 9.17) is 4.74 Å². The molecule has 148 heavy (non-hydrogen) atoms. The number of hydrogen-bond donors (Lipinski definition) is 7. The van der Waals surface area contributed by atoms with Crippen LogP contribution in [-0.4, -0.2) is 106 Å². The molecule has 19 rings (SSSR count). The molecule has 7 N–H and O–H groups in total. The summed E-state index contributed by atoms with van der Waals surface area (Å²) in [4.78, 5) is 78.9. The first-order valence-electron chi connectivity index (χ1n) is 52.8. The number of carbonyl (C=O) groups is 6. The molecule has 22 nitrogen and oxygen atoms in total. The Kier molecular flexibility index (Phi) is 38.5. The van der Waals surface area contributed by atoms with Crippen LogP contribution < -0.4 is 56.8 Å². The largest absolute Gasteiger partial charge is 0.453 e. The average molecular weight is 1990 g/mol. The Hall–Kier alpha value is -14.9. The SMILES string of the molecule is CC(=O)Nc1ccc2c(c1)CCN2Cc1ccc(C(C)C)cc1.CC(C)c1ccc(CN2CCCc3cc(NC(=O)C4CCOC4)ccc32)cc1.CCC(=O)Nc1ccc2c(c1)CCCN2Cc1ccc(C(C)C)cc1.CNC(=O)Nc1ccc2c(ccn2Cc2ccc(C(C)C)cc2)c1.COC(=O)Nc1ccc2c(c1)CCN2Cc1ccc(C(C)C)cc1.COC(=O)Nc1ccc2c(ccn2Cc2ccc(C(C)C)cc2)c1. The van der Waals surface area contributed by atoms with Crippen molar-refractivity contribution in [1.82, 2.24) is 14.5 Å². The third-order valence-electron chi connectivity index (χ3n) is 28.2. The van der Waals surface area contributed by atoms with E-state index >= 15 is 0 Å². The summed E-state index contributed by atoms with van der Waals surface area (Å²) >= 11 is 0. The van der Waals surface area contributed by atoms with Crippen molar-refractivity contribution < 1.29 is 43.0 Å². The normalized spacial score (nSPS) is 13.7. The van der Waals surface area contributed by atoms with Crippen molar-refractivity contribution in [1.29, 1.82) is 0 Å². The van der Waals surface area contributed by atoms with E-state index in [2.05, 4.69) is 371 Å². The molecule has 5 aliphatic heterocycles. The van der Waals surface area contributed by atoms with Crippen molar-refractivity contribution in [3.63, 3.8) is 0 Å². The van der Waals surface area contributed by atoms with Crippen LogP contribution in [0.4, 0.5) is 71.3 Å². The summed E-state index contributed by atoms with van der Waals surface area (Å²) in [6.07, 6.45) is 11.1. The van der Waals surface area contributed by atoms with Gasteiger partial charge in [-0.25, -0.2) is 14.4 Å². The lowest BCUT2D eigenvalue weighted by molar-refractivity contribution is -0.120. The second kappa shape index (κ2) is 52.4. The molecule has 22 heteroatoms. The molecule has 7 amide bonds. The lowest BCUT2D eigenvalue weighted by Crippen LogP contribution is -2.29. The molecule has 1 unspecified atom stereocenters. The van der Waals surface area contributed by atoms with Crippen LogP contribution in [0.5, 0.6) is 0 Å². The molecule has 0 bridgehead atoms. The minimum absolute atomic E-state index is 0.0126. The predicted octanol–water partition coefficient (Wildman–Crippen LogP) is 28.3. The Morgan fingerprint density at radius 3 is 0.946 bits per heavy atom. The van der Waals surface area contributed by atoms with Gasteiger partial charge in [-0.1, -0.05) is 236 Å². The van der Waals surface area contributed by atoms with Crippen LogP contribution in [0.15, 0.2) is 279 Å². The van der Waals surface area contributed by atoms with E-state index in [1.165, 1.54) is 126 Å². The van der Waals surface area contributed by atoms with Gasteiger partial charge in [-0.3, -0.25) is 25.0 Å². The van der Waals surface area contributed by atoms with Gasteiger partial charge in [0.05, 0.1) is 26.7 Å². The highest BCUT2D eigenvalue weighted by Crippen LogP contribution is 2.39. The minimum atomic E-state index is -0.459. The van der Waals surface area contributed by atoms with Gasteiger partial charge in [0.2, 0.25) is 17.7 Å². The topological polar surface area (TPSA) is 237 Å². The number of methoxy groups -OCH3 is 2. The number of anilines is 10. The molecule has 0 aliphatic carbocycles. The van der Waals surface area contributed by atoms with E-state index < -0.39 is 12.2 Å². The van der Waals surface area contributed by atoms with Crippen molar-refractivity contribution in [2.45, 2.75) is 223 Å². The van der Waals surface area contributed by atoms with E-state index in [1.807, 2.05) is 73.7 Å². The highest BCUT2D eigenvalue weighted by Gasteiger charge is 2.28. The van der Waals surface area contributed by atoms with E-state index in [0.717, 1.165) is 166 Å². The zero-order chi connectivity index (χ0) is 105. The van der Waals surface area contributed by atoms with Crippen LogP contribution in [0, 0.1) is 5.92 Å². The van der Waals surface area contributed by atoms with Gasteiger partial charge in [0.1, 0.15) is 0 Å². The maximum atomic E-state index is 12.4. The van der Waals surface area contributed by atoms with Crippen LogP contribution >= 0.6 is 0 Å². The Balaban J connectivity index is 0.000000140. The van der Waals surface area contributed by atoms with Crippen molar-refractivity contribution in [3.05, 3.63) is 368 Å². The summed E-state index contributed by atoms with van der Waals surface area (Å²) in [5.41, 5.74) is 33.8. The second-order valence-electron chi connectivity index (χ2n) is 41.1. The number of carbonyl (C=O) groups excluding carboxylic acids is 6. The number of urea groups is 1. The zero-order valence-corrected chi connectivity index (χ0v) is 89.6. The summed E-state index contributed by atoms with van der Waals surface area (Å²) < 4.78 is 19.0. The van der Waals surface area contributed by atoms with Gasteiger partial charge >= 0.3 is 18.2 Å². The van der Waals surface area contributed by atoms with Crippen LogP contribution in [0.3, 0.4) is 0 Å². The molecule has 14 aromatic rings. The maximum absolute atomic E-state index is 12.4. The second-order valence-corrected chi connectivity index (χ2v) is 41.1. The number of aromatic nitrogens is 2. The molecule has 0 radical (unpaired) electrons. The Morgan fingerprint density at radius 1 is 0.338 bits per heavy atom. The smallest absolute Gasteiger partial charge is 0.411 e. The molecule has 1 saturated heterocycles. The predicted molar refractivity (Wildman–Crippen MR) is 610 cm³/mol. The highest BCUT2D eigenvalue weighted by molar-refractivity contribution is 5.96. The van der Waals surface area contributed by atoms with Crippen molar-refractivity contribution in [3.8, 4) is 0 Å². The average Bonchev–Trinajstić information content (AvgIpc) is 1.48. The Morgan fingerprint density at radius 2 is 0.635 bits per heavy atom. The van der Waals surface area contributed by atoms with Gasteiger partial charge in [0.15, 0.2) is 0 Å². The number of aryl methyl sites for hydroxylation is 2. The van der Waals surface area contributed by atoms with Gasteiger partial charge in [0, 0.05) is 184 Å². The van der Waals surface area contributed by atoms with E-state index in [9.17, 15) is 28.8 Å². The molecule has 12 aromatic carbocycles. The number of rotatable bonds is 26. The van der Waals surface area contributed by atoms with Gasteiger partial charge in [-0.15, -0.1) is 0 Å². The molecule has 0 spiro atoms. The number of hydrogen-bond acceptors (Lipinski definition) is 13. The van der Waals surface area contributed by atoms with E-state index in [1.54, 1.807) is 14.0 Å². The van der Waals surface area contributed by atoms with Gasteiger partial charge in [-0.05, 0) is 291 Å². The lowest BCUT2D eigenvalue weighted by atomic mass is 9.99. The Bertz CT molecular complexity index is 6630. The monoisotopic (exact) mass is 1990 g/mol. The number of nitrogens with one attached hydrogen (secondary N) is 7. The van der Waals surface area contributed by atoms with Crippen LogP contribution in [0.1, 0.15) is 247 Å². The van der Waals surface area contributed by atoms with Gasteiger partial charge in [-0.2, -0.15) is 0 Å². The zero-order valence-electron chi connectivity index (χ0n) is 89.6. The summed E-state index contributed by atoms with van der Waals surface area (Å²) in [5, 5.41) is 21.9. The van der Waals surface area contributed by atoms with Crippen LogP contribution in [0.2, 0.25) is 0 Å². The van der Waals surface area contributed by atoms with E-state index in [-0.39, 0.29) is 29.7 Å². The van der Waals surface area contributed by atoms with Crippen LogP contribution in [-0.2, 0) is 93.5 Å². The number of ether oxygens (including phenoxy) is 3. The van der Waals surface area contributed by atoms with Crippen molar-refractivity contribution in [2.75, 3.05) is 112 Å². The first-order chi connectivity index (χ1) is 71.4. The summed E-state index contributed by atoms with van der Waals surface area (Å²) in [5.74, 6) is 3.48. The third kappa shape index (κ3) is 30.4. The third-order valence-corrected chi connectivity index (χ3v) is 28.2. The lowest BCUT2D eigenvalue weighted by Gasteiger charge is -2.32. The van der Waals surface area contributed by atoms with Crippen LogP contribution in [0.25, 0.3) is 21.8 Å². The molecule has 1 fully saturated rings. The fourth-order valence-electron chi connectivity index (χ4n) is 19.4. The summed E-state index contributed by atoms with van der Waals surface area (Å²) in [6, 6.07) is 94.0. The first kappa shape index (κ1) is 109. The quantitative estimate of drug-likeness (QED) is 0.0267. The maximum Gasteiger partial charge on any atom is 0.411 e. The highest BCUT2D eigenvalue weighted by atomic mass is 16.5. The fraction of sp³-hybridized carbons (Fsp3) is 0.349. The first-order valence-corrected chi connectivity index (χ1v) is 52.8. The molecule has 2 aromatic heterocycles. The standard InChI is InChI=1S/C24H30N2O2.C22H28N2O.C20H23N3O.C20H24N2O2.C20H22N2O2.C20H24N2O/c1-17(2)19-7-5-18(6-8-19)15-26-12-3-4-20-14-22(9-10-23(20)26)25-24(27)21-11-13-28-16-21;1-4-22(25)23-20-11-12-21-19(14-20)6-5-13-24(21)15-17-7-9-18(10-8-17)16(2)3;1-14(2)16-6-4-15(5-7-16)13-23-11-10-17-12-18(8-9-19(17)23)22-20(24)21-3;2*1-14(2)16-6-4-15(5-7-16)13-22-11-10-17-12-18(8-9-19(17)22)21-20(23)24-3;1-14(2)17-6-4-16(5-7-17)13-22-11-10-18-12-19(21-15(3)23)8-9-20(18)22/h5-10,14,17,21H,3-4,11-13,15-16H2,1-2H3,(H,25,27);7-12,14,16H,4-6,13,15H2,1-3H3,(H,23,25);4-12,14H,13H2,1-3H3,(H2,21,22,24);4-9,12,14H,10-11,13H2,1-3H3,(H,21,23);4-12,14H,13H2,1-3H3,(H,21,23);4-9,12,14H,10-11,13H2,1-3H3,(H,21,23). The van der Waals surface area contributed by atoms with Crippen molar-refractivity contribution >= 4 is 115 Å². The Labute approximate surface area is 876 Å². The van der Waals surface area contributed by atoms with Gasteiger partial charge in [0.25, 0.3) is 0 Å². The van der Waals surface area contributed by atoms with Gasteiger partial charge < -0.3 is 69.5 Å². The molecule has 774 valence electrons. The summed E-state index contributed by atoms with van der Waals surface area (Å²) in [7, 11) is 4.33. The molecular formula is C126H151N13O9. The number of nitrogens with zero attached hydrogens (tertiary/aromatic N) is 6. The summed E-state index contributed by atoms with van der Waals surface area (Å²) in [6.45, 7) is 40.8. The minimum Gasteiger partial charge on any atom is -0.453 e. The number of benzene rings is 12. The van der Waals surface area contributed by atoms with E-state index in [0.29, 0.717) is 55.1 Å². The molecule has 5 aliphatic rings. The fourth-order valence-corrected chi connectivity index (χ4v) is 19.4. The molecular weight excluding hydrogens is 1840 g/mol. The van der Waals surface area contributed by atoms with Crippen molar-refractivity contribution in [2.24, 2.45) is 5.92 Å². The molecule has 7 heterocycles. The molecule has 0 saturated carbocycles. The number of amides is 7. The number of fused-ring (bicyclic) bond motifs is 6.